The minimum Gasteiger partial charge on any atom is -0.435 e. The minimum absolute atomic E-state index is 0.0900. The fourth-order valence-electron chi connectivity index (χ4n) is 2.98. The molecule has 0 radical (unpaired) electrons. The Bertz CT molecular complexity index is 723. The van der Waals surface area contributed by atoms with E-state index >= 15 is 0 Å². The van der Waals surface area contributed by atoms with Gasteiger partial charge < -0.3 is 14.1 Å². The second kappa shape index (κ2) is 6.72. The number of ether oxygens (including phenoxy) is 1. The first kappa shape index (κ1) is 16.6. The van der Waals surface area contributed by atoms with Gasteiger partial charge in [-0.2, -0.15) is 5.10 Å². The van der Waals surface area contributed by atoms with E-state index in [2.05, 4.69) is 20.2 Å². The van der Waals surface area contributed by atoms with Crippen molar-refractivity contribution in [2.45, 2.75) is 45.6 Å². The lowest BCUT2D eigenvalue weighted by atomic mass is 10.0. The number of rotatable bonds is 5. The van der Waals surface area contributed by atoms with Crippen molar-refractivity contribution in [3.05, 3.63) is 29.0 Å². The maximum absolute atomic E-state index is 12.6. The van der Waals surface area contributed by atoms with E-state index in [1.165, 1.54) is 0 Å². The highest BCUT2D eigenvalue weighted by atomic mass is 16.5. The summed E-state index contributed by atoms with van der Waals surface area (Å²) in [6.45, 7) is 6.70. The van der Waals surface area contributed by atoms with Gasteiger partial charge in [0, 0.05) is 26.6 Å². The van der Waals surface area contributed by atoms with E-state index in [1.54, 1.807) is 18.9 Å². The first-order valence-corrected chi connectivity index (χ1v) is 8.21. The highest BCUT2D eigenvalue weighted by Gasteiger charge is 2.35. The number of aromatic amines is 1. The second-order valence-corrected chi connectivity index (χ2v) is 6.14. The molecular weight excluding hydrogens is 310 g/mol. The van der Waals surface area contributed by atoms with Gasteiger partial charge in [-0.05, 0) is 20.3 Å². The van der Waals surface area contributed by atoms with E-state index in [9.17, 15) is 4.79 Å². The van der Waals surface area contributed by atoms with Crippen LogP contribution in [0.25, 0.3) is 0 Å². The molecule has 130 valence electrons. The van der Waals surface area contributed by atoms with Gasteiger partial charge >= 0.3 is 0 Å². The van der Waals surface area contributed by atoms with Crippen LogP contribution in [0.15, 0.2) is 4.42 Å². The van der Waals surface area contributed by atoms with Crippen LogP contribution in [0.1, 0.15) is 53.1 Å². The monoisotopic (exact) mass is 333 g/mol. The van der Waals surface area contributed by atoms with E-state index in [-0.39, 0.29) is 17.9 Å². The summed E-state index contributed by atoms with van der Waals surface area (Å²) in [5.41, 5.74) is 0.622. The highest BCUT2D eigenvalue weighted by Crippen LogP contribution is 2.29. The molecule has 1 N–H and O–H groups in total. The predicted molar refractivity (Wildman–Crippen MR) is 85.8 cm³/mol. The molecule has 0 aromatic carbocycles. The summed E-state index contributed by atoms with van der Waals surface area (Å²) in [5, 5.41) is 7.10. The quantitative estimate of drug-likeness (QED) is 0.893. The summed E-state index contributed by atoms with van der Waals surface area (Å²) in [6, 6.07) is 0. The summed E-state index contributed by atoms with van der Waals surface area (Å²) in [7, 11) is 1.75. The number of likely N-dealkylation sites (N-methyl/N-ethyl adjacent to an activating group) is 1. The third-order valence-electron chi connectivity index (χ3n) is 4.29. The first-order chi connectivity index (χ1) is 11.5. The van der Waals surface area contributed by atoms with Crippen LogP contribution in [-0.4, -0.2) is 57.3 Å². The lowest BCUT2D eigenvalue weighted by molar-refractivity contribution is 0.0527. The molecule has 3 rings (SSSR count). The topological polar surface area (TPSA) is 97.1 Å². The number of hydrogen-bond acceptors (Lipinski definition) is 6. The van der Waals surface area contributed by atoms with Crippen molar-refractivity contribution >= 4 is 5.91 Å². The van der Waals surface area contributed by atoms with Gasteiger partial charge in [0.25, 0.3) is 5.91 Å². The van der Waals surface area contributed by atoms with Crippen LogP contribution in [0.3, 0.4) is 0 Å². The number of oxazole rings is 1. The van der Waals surface area contributed by atoms with Crippen LogP contribution in [-0.2, 0) is 11.2 Å². The zero-order valence-corrected chi connectivity index (χ0v) is 14.5. The molecule has 2 aromatic heterocycles. The molecular formula is C16H23N5O3. The Balaban J connectivity index is 1.70. The number of nitrogens with zero attached hydrogens (tertiary/aromatic N) is 4. The Hall–Kier alpha value is -2.22. The molecule has 0 saturated carbocycles. The molecule has 0 aliphatic carbocycles. The SMILES string of the molecule is CCc1nc(C)c(C(=O)N(C)C[C@H]2OCC[C@H]2c2n[nH]c(C)n2)o1. The van der Waals surface area contributed by atoms with E-state index in [4.69, 9.17) is 9.15 Å². The molecule has 1 amide bonds. The highest BCUT2D eigenvalue weighted by molar-refractivity contribution is 5.92. The third-order valence-corrected chi connectivity index (χ3v) is 4.29. The molecule has 1 aliphatic rings. The molecule has 0 unspecified atom stereocenters. The van der Waals surface area contributed by atoms with Gasteiger partial charge in [0.15, 0.2) is 11.7 Å². The van der Waals surface area contributed by atoms with Crippen LogP contribution in [0, 0.1) is 13.8 Å². The smallest absolute Gasteiger partial charge is 0.291 e. The van der Waals surface area contributed by atoms with Gasteiger partial charge in [-0.3, -0.25) is 9.89 Å². The molecule has 3 heterocycles. The summed E-state index contributed by atoms with van der Waals surface area (Å²) in [4.78, 5) is 22.9. The maximum atomic E-state index is 12.6. The standard InChI is InChI=1S/C16H23N5O3/c1-5-13-17-9(2)14(24-13)16(22)21(4)8-12-11(6-7-23-12)15-18-10(3)19-20-15/h11-12H,5-8H2,1-4H3,(H,18,19,20)/t11-,12-/m1/s1. The van der Waals surface area contributed by atoms with E-state index in [0.717, 1.165) is 18.1 Å². The van der Waals surface area contributed by atoms with Gasteiger partial charge in [-0.1, -0.05) is 6.92 Å². The molecule has 8 nitrogen and oxygen atoms in total. The van der Waals surface area contributed by atoms with Crippen molar-refractivity contribution < 1.29 is 13.9 Å². The number of carbonyl (C=O) groups excluding carboxylic acids is 1. The van der Waals surface area contributed by atoms with Crippen molar-refractivity contribution in [1.82, 2.24) is 25.1 Å². The Kier molecular flexibility index (Phi) is 4.66. The Labute approximate surface area is 140 Å². The number of hydrogen-bond donors (Lipinski definition) is 1. The molecule has 8 heteroatoms. The fourth-order valence-corrected chi connectivity index (χ4v) is 2.98. The fraction of sp³-hybridized carbons (Fsp3) is 0.625. The van der Waals surface area contributed by atoms with Crippen LogP contribution in [0.5, 0.6) is 0 Å². The van der Waals surface area contributed by atoms with Crippen molar-refractivity contribution in [2.24, 2.45) is 0 Å². The number of carbonyl (C=O) groups is 1. The van der Waals surface area contributed by atoms with Crippen LogP contribution in [0.2, 0.25) is 0 Å². The summed E-state index contributed by atoms with van der Waals surface area (Å²) < 4.78 is 11.4. The molecule has 2 aromatic rings. The molecule has 0 spiro atoms. The van der Waals surface area contributed by atoms with Gasteiger partial charge in [0.05, 0.1) is 17.7 Å². The van der Waals surface area contributed by atoms with Gasteiger partial charge in [0.1, 0.15) is 5.82 Å². The van der Waals surface area contributed by atoms with Crippen molar-refractivity contribution in [3.63, 3.8) is 0 Å². The molecule has 1 fully saturated rings. The summed E-state index contributed by atoms with van der Waals surface area (Å²) in [5.74, 6) is 2.32. The zero-order valence-electron chi connectivity index (χ0n) is 14.5. The summed E-state index contributed by atoms with van der Waals surface area (Å²) >= 11 is 0. The van der Waals surface area contributed by atoms with Crippen molar-refractivity contribution in [2.75, 3.05) is 20.2 Å². The normalized spacial score (nSPS) is 20.5. The van der Waals surface area contributed by atoms with E-state index in [0.29, 0.717) is 36.9 Å². The number of amides is 1. The molecule has 24 heavy (non-hydrogen) atoms. The van der Waals surface area contributed by atoms with Crippen LogP contribution >= 0.6 is 0 Å². The average Bonchev–Trinajstić information content (AvgIpc) is 3.26. The molecule has 0 bridgehead atoms. The van der Waals surface area contributed by atoms with Gasteiger partial charge in [-0.25, -0.2) is 9.97 Å². The first-order valence-electron chi connectivity index (χ1n) is 8.21. The average molecular weight is 333 g/mol. The Morgan fingerprint density at radius 2 is 2.17 bits per heavy atom. The van der Waals surface area contributed by atoms with E-state index in [1.807, 2.05) is 13.8 Å². The Morgan fingerprint density at radius 3 is 2.79 bits per heavy atom. The summed E-state index contributed by atoms with van der Waals surface area (Å²) in [6.07, 6.45) is 1.39. The van der Waals surface area contributed by atoms with Crippen LogP contribution < -0.4 is 0 Å². The number of aryl methyl sites for hydroxylation is 3. The second-order valence-electron chi connectivity index (χ2n) is 6.14. The zero-order chi connectivity index (χ0) is 17.3. The number of aromatic nitrogens is 4. The molecule has 1 saturated heterocycles. The number of nitrogens with one attached hydrogen (secondary N) is 1. The largest absolute Gasteiger partial charge is 0.435 e. The number of H-pyrrole nitrogens is 1. The molecule has 2 atom stereocenters. The third kappa shape index (κ3) is 3.19. The minimum atomic E-state index is -0.180. The van der Waals surface area contributed by atoms with Crippen LogP contribution in [0.4, 0.5) is 0 Å². The van der Waals surface area contributed by atoms with E-state index < -0.39 is 0 Å². The lowest BCUT2D eigenvalue weighted by Crippen LogP contribution is -2.36. The lowest BCUT2D eigenvalue weighted by Gasteiger charge is -2.23. The van der Waals surface area contributed by atoms with Gasteiger partial charge in [0.2, 0.25) is 5.76 Å². The van der Waals surface area contributed by atoms with Gasteiger partial charge in [-0.15, -0.1) is 0 Å². The molecule has 1 aliphatic heterocycles. The Morgan fingerprint density at radius 1 is 1.38 bits per heavy atom. The maximum Gasteiger partial charge on any atom is 0.291 e. The van der Waals surface area contributed by atoms with Crippen molar-refractivity contribution in [1.29, 1.82) is 0 Å². The van der Waals surface area contributed by atoms with Crippen molar-refractivity contribution in [3.8, 4) is 0 Å². The predicted octanol–water partition coefficient (Wildman–Crippen LogP) is 1.62.